The second-order valence-electron chi connectivity index (χ2n) is 5.13. The number of benzene rings is 1. The number of rotatable bonds is 4. The second kappa shape index (κ2) is 6.72. The van der Waals surface area contributed by atoms with Crippen LogP contribution in [0.2, 0.25) is 0 Å². The van der Waals surface area contributed by atoms with Gasteiger partial charge >= 0.3 is 0 Å². The van der Waals surface area contributed by atoms with E-state index in [1.165, 1.54) is 36.3 Å². The Morgan fingerprint density at radius 2 is 1.89 bits per heavy atom. The molecule has 1 aromatic carbocycles. The van der Waals surface area contributed by atoms with Gasteiger partial charge in [0.05, 0.1) is 0 Å². The number of nitrogens with one attached hydrogen (secondary N) is 1. The number of hydrogen-bond donors (Lipinski definition) is 1. The van der Waals surface area contributed by atoms with Crippen molar-refractivity contribution >= 4 is 5.57 Å². The summed E-state index contributed by atoms with van der Waals surface area (Å²) in [6.45, 7) is 10.2. The van der Waals surface area contributed by atoms with Crippen LogP contribution in [0.3, 0.4) is 0 Å². The van der Waals surface area contributed by atoms with Gasteiger partial charge in [-0.2, -0.15) is 0 Å². The van der Waals surface area contributed by atoms with Gasteiger partial charge < -0.3 is 10.2 Å². The summed E-state index contributed by atoms with van der Waals surface area (Å²) in [7, 11) is 0. The van der Waals surface area contributed by atoms with Crippen molar-refractivity contribution in [3.05, 3.63) is 41.5 Å². The zero-order chi connectivity index (χ0) is 12.8. The largest absolute Gasteiger partial charge is 0.314 e. The van der Waals surface area contributed by atoms with Gasteiger partial charge in [0, 0.05) is 32.7 Å². The molecule has 1 aliphatic heterocycles. The molecule has 1 fully saturated rings. The summed E-state index contributed by atoms with van der Waals surface area (Å²) >= 11 is 0. The Balaban J connectivity index is 1.82. The minimum atomic E-state index is 1.14. The predicted octanol–water partition coefficient (Wildman–Crippen LogP) is 2.69. The molecule has 0 amide bonds. The summed E-state index contributed by atoms with van der Waals surface area (Å²) in [5, 5.41) is 3.39. The lowest BCUT2D eigenvalue weighted by molar-refractivity contribution is 0.245. The van der Waals surface area contributed by atoms with Crippen molar-refractivity contribution in [2.45, 2.75) is 20.3 Å². The Hall–Kier alpha value is -1.12. The first kappa shape index (κ1) is 13.3. The van der Waals surface area contributed by atoms with Crippen LogP contribution in [0.15, 0.2) is 30.3 Å². The Kier molecular flexibility index (Phi) is 4.97. The van der Waals surface area contributed by atoms with Gasteiger partial charge in [0.1, 0.15) is 0 Å². The van der Waals surface area contributed by atoms with Crippen LogP contribution in [-0.2, 0) is 0 Å². The van der Waals surface area contributed by atoms with Crippen LogP contribution in [0.5, 0.6) is 0 Å². The van der Waals surface area contributed by atoms with Crippen LogP contribution in [0.25, 0.3) is 5.57 Å². The normalized spacial score (nSPS) is 18.0. The fourth-order valence-electron chi connectivity index (χ4n) is 2.33. The molecule has 0 spiro atoms. The molecular formula is C16H24N2. The Morgan fingerprint density at radius 1 is 1.22 bits per heavy atom. The summed E-state index contributed by atoms with van der Waals surface area (Å²) in [5.41, 5.74) is 4.07. The highest BCUT2D eigenvalue weighted by atomic mass is 15.2. The highest BCUT2D eigenvalue weighted by Crippen LogP contribution is 2.15. The van der Waals surface area contributed by atoms with Gasteiger partial charge in [-0.25, -0.2) is 0 Å². The summed E-state index contributed by atoms with van der Waals surface area (Å²) in [6.07, 6.45) is 3.52. The maximum absolute atomic E-state index is 3.39. The third-order valence-electron chi connectivity index (χ3n) is 3.61. The van der Waals surface area contributed by atoms with Gasteiger partial charge in [-0.3, -0.25) is 0 Å². The van der Waals surface area contributed by atoms with Crippen molar-refractivity contribution in [1.82, 2.24) is 10.2 Å². The maximum Gasteiger partial charge on any atom is 0.0107 e. The van der Waals surface area contributed by atoms with E-state index in [0.717, 1.165) is 19.5 Å². The van der Waals surface area contributed by atoms with Crippen LogP contribution in [0.1, 0.15) is 24.5 Å². The van der Waals surface area contributed by atoms with E-state index in [9.17, 15) is 0 Å². The lowest BCUT2D eigenvalue weighted by Crippen LogP contribution is -2.43. The van der Waals surface area contributed by atoms with E-state index >= 15 is 0 Å². The second-order valence-corrected chi connectivity index (χ2v) is 5.13. The van der Waals surface area contributed by atoms with E-state index < -0.39 is 0 Å². The van der Waals surface area contributed by atoms with Crippen molar-refractivity contribution < 1.29 is 0 Å². The fourth-order valence-corrected chi connectivity index (χ4v) is 2.33. The number of nitrogens with zero attached hydrogens (tertiary/aromatic N) is 1. The fraction of sp³-hybridized carbons (Fsp3) is 0.500. The molecule has 0 bridgehead atoms. The van der Waals surface area contributed by atoms with E-state index in [0.29, 0.717) is 0 Å². The highest BCUT2D eigenvalue weighted by molar-refractivity contribution is 5.63. The molecule has 1 N–H and O–H groups in total. The molecule has 0 atom stereocenters. The standard InChI is InChI=1S/C16H24N2/c1-14-5-7-16(8-6-14)15(2)4-3-11-18-12-9-17-10-13-18/h4-8,17H,3,9-13H2,1-2H3/b15-4+. The third kappa shape index (κ3) is 3.97. The average molecular weight is 244 g/mol. The first-order valence-corrected chi connectivity index (χ1v) is 6.92. The zero-order valence-corrected chi connectivity index (χ0v) is 11.6. The molecule has 2 nitrogen and oxygen atoms in total. The van der Waals surface area contributed by atoms with Crippen LogP contribution < -0.4 is 5.32 Å². The molecular weight excluding hydrogens is 220 g/mol. The number of piperazine rings is 1. The Bertz CT molecular complexity index is 386. The molecule has 1 heterocycles. The van der Waals surface area contributed by atoms with E-state index in [-0.39, 0.29) is 0 Å². The van der Waals surface area contributed by atoms with Crippen LogP contribution in [0.4, 0.5) is 0 Å². The molecule has 2 heteroatoms. The van der Waals surface area contributed by atoms with Gasteiger partial charge in [-0.05, 0) is 31.4 Å². The molecule has 0 radical (unpaired) electrons. The van der Waals surface area contributed by atoms with Crippen molar-refractivity contribution in [2.75, 3.05) is 32.7 Å². The van der Waals surface area contributed by atoms with Gasteiger partial charge in [0.2, 0.25) is 0 Å². The molecule has 2 rings (SSSR count). The van der Waals surface area contributed by atoms with E-state index in [1.54, 1.807) is 0 Å². The molecule has 98 valence electrons. The lowest BCUT2D eigenvalue weighted by Gasteiger charge is -2.26. The van der Waals surface area contributed by atoms with Crippen molar-refractivity contribution in [3.8, 4) is 0 Å². The van der Waals surface area contributed by atoms with E-state index in [1.807, 2.05) is 0 Å². The van der Waals surface area contributed by atoms with Gasteiger partial charge in [0.15, 0.2) is 0 Å². The van der Waals surface area contributed by atoms with Gasteiger partial charge in [0.25, 0.3) is 0 Å². The molecule has 0 saturated carbocycles. The number of aryl methyl sites for hydroxylation is 1. The molecule has 18 heavy (non-hydrogen) atoms. The SMILES string of the molecule is C/C(=C\CCN1CCNCC1)c1ccc(C)cc1. The van der Waals surface area contributed by atoms with E-state index in [4.69, 9.17) is 0 Å². The predicted molar refractivity (Wildman–Crippen MR) is 78.8 cm³/mol. The summed E-state index contributed by atoms with van der Waals surface area (Å²) in [6, 6.07) is 8.80. The smallest absolute Gasteiger partial charge is 0.0107 e. The van der Waals surface area contributed by atoms with Gasteiger partial charge in [-0.15, -0.1) is 0 Å². The quantitative estimate of drug-likeness (QED) is 0.876. The Morgan fingerprint density at radius 3 is 2.56 bits per heavy atom. The zero-order valence-electron chi connectivity index (χ0n) is 11.6. The highest BCUT2D eigenvalue weighted by Gasteiger charge is 2.07. The number of hydrogen-bond acceptors (Lipinski definition) is 2. The van der Waals surface area contributed by atoms with Crippen molar-refractivity contribution in [1.29, 1.82) is 0 Å². The molecule has 0 unspecified atom stereocenters. The summed E-state index contributed by atoms with van der Waals surface area (Å²) in [4.78, 5) is 2.54. The first-order valence-electron chi connectivity index (χ1n) is 6.92. The van der Waals surface area contributed by atoms with Crippen LogP contribution >= 0.6 is 0 Å². The van der Waals surface area contributed by atoms with Crippen molar-refractivity contribution in [2.24, 2.45) is 0 Å². The first-order chi connectivity index (χ1) is 8.75. The molecule has 1 saturated heterocycles. The van der Waals surface area contributed by atoms with Crippen LogP contribution in [-0.4, -0.2) is 37.6 Å². The minimum Gasteiger partial charge on any atom is -0.314 e. The molecule has 0 aromatic heterocycles. The maximum atomic E-state index is 3.39. The average Bonchev–Trinajstić information content (AvgIpc) is 2.40. The molecule has 0 aliphatic carbocycles. The topological polar surface area (TPSA) is 15.3 Å². The van der Waals surface area contributed by atoms with E-state index in [2.05, 4.69) is 54.4 Å². The van der Waals surface area contributed by atoms with Gasteiger partial charge in [-0.1, -0.05) is 35.9 Å². The van der Waals surface area contributed by atoms with Crippen molar-refractivity contribution in [3.63, 3.8) is 0 Å². The van der Waals surface area contributed by atoms with Crippen LogP contribution in [0, 0.1) is 6.92 Å². The number of allylic oxidation sites excluding steroid dienone is 1. The third-order valence-corrected chi connectivity index (χ3v) is 3.61. The lowest BCUT2D eigenvalue weighted by atomic mass is 10.0. The molecule has 1 aliphatic rings. The minimum absolute atomic E-state index is 1.14. The summed E-state index contributed by atoms with van der Waals surface area (Å²) < 4.78 is 0. The molecule has 1 aromatic rings. The summed E-state index contributed by atoms with van der Waals surface area (Å²) in [5.74, 6) is 0. The Labute approximate surface area is 111 Å². The monoisotopic (exact) mass is 244 g/mol.